The molecule has 4 nitrogen and oxygen atoms in total. The molecule has 1 amide bonds. The van der Waals surface area contributed by atoms with Crippen LogP contribution in [0.3, 0.4) is 0 Å². The second-order valence-electron chi connectivity index (χ2n) is 5.63. The Bertz CT molecular complexity index is 875. The summed E-state index contributed by atoms with van der Waals surface area (Å²) in [6, 6.07) is 0. The van der Waals surface area contributed by atoms with Gasteiger partial charge in [0.05, 0.1) is 5.71 Å². The molecule has 9 heteroatoms. The van der Waals surface area contributed by atoms with E-state index < -0.39 is 52.1 Å². The molecule has 26 heavy (non-hydrogen) atoms. The molecule has 1 aromatic carbocycles. The largest absolute Gasteiger partial charge is 0.445 e. The fourth-order valence-electron chi connectivity index (χ4n) is 2.39. The van der Waals surface area contributed by atoms with Gasteiger partial charge in [0.1, 0.15) is 5.56 Å². The molecule has 0 radical (unpaired) electrons. The molecule has 1 atom stereocenters. The van der Waals surface area contributed by atoms with E-state index in [1.165, 1.54) is 32.1 Å². The highest BCUT2D eigenvalue weighted by Gasteiger charge is 2.39. The summed E-state index contributed by atoms with van der Waals surface area (Å²) in [5, 5.41) is 0. The molecule has 0 saturated carbocycles. The highest BCUT2D eigenvalue weighted by atomic mass is 19.2. The highest BCUT2D eigenvalue weighted by molar-refractivity contribution is 6.13. The van der Waals surface area contributed by atoms with Gasteiger partial charge in [0.15, 0.2) is 28.9 Å². The number of benzene rings is 1. The van der Waals surface area contributed by atoms with Crippen LogP contribution in [0.15, 0.2) is 28.8 Å². The number of carbonyl (C=O) groups is 2. The molecule has 1 aliphatic carbocycles. The number of ether oxygens (including phenoxy) is 1. The van der Waals surface area contributed by atoms with Crippen LogP contribution in [-0.4, -0.2) is 23.2 Å². The number of esters is 1. The van der Waals surface area contributed by atoms with Crippen molar-refractivity contribution in [2.24, 2.45) is 4.99 Å². The highest BCUT2D eigenvalue weighted by Crippen LogP contribution is 2.29. The van der Waals surface area contributed by atoms with Crippen LogP contribution in [0.1, 0.15) is 31.1 Å². The third-order valence-electron chi connectivity index (χ3n) is 3.59. The van der Waals surface area contributed by atoms with Crippen molar-refractivity contribution in [1.29, 1.82) is 0 Å². The number of hydrogen-bond donors (Lipinski definition) is 0. The SMILES string of the molecule is CC(=O)N=C1C(C)=CC=CC1(C)OC(=O)c1c(F)c(F)c(F)c(F)c1F. The van der Waals surface area contributed by atoms with Crippen molar-refractivity contribution in [3.8, 4) is 0 Å². The van der Waals surface area contributed by atoms with E-state index in [9.17, 15) is 31.5 Å². The topological polar surface area (TPSA) is 55.7 Å². The van der Waals surface area contributed by atoms with Gasteiger partial charge >= 0.3 is 5.97 Å². The standard InChI is InChI=1S/C17H12F5NO3/c1-7-5-4-6-17(3,15(7)23-8(2)24)26-16(25)9-10(18)12(20)14(22)13(21)11(9)19/h4-6H,1-3H3. The Labute approximate surface area is 144 Å². The number of allylic oxidation sites excluding steroid dienone is 2. The minimum Gasteiger partial charge on any atom is -0.445 e. The van der Waals surface area contributed by atoms with Crippen LogP contribution in [0.4, 0.5) is 22.0 Å². The van der Waals surface area contributed by atoms with Crippen molar-refractivity contribution in [2.75, 3.05) is 0 Å². The van der Waals surface area contributed by atoms with Crippen LogP contribution < -0.4 is 0 Å². The van der Waals surface area contributed by atoms with Crippen LogP contribution in [0.2, 0.25) is 0 Å². The smallest absolute Gasteiger partial charge is 0.345 e. The van der Waals surface area contributed by atoms with Crippen LogP contribution >= 0.6 is 0 Å². The van der Waals surface area contributed by atoms with Crippen LogP contribution in [0, 0.1) is 29.1 Å². The predicted octanol–water partition coefficient (Wildman–Crippen LogP) is 3.80. The predicted molar refractivity (Wildman–Crippen MR) is 81.1 cm³/mol. The first kappa shape index (κ1) is 19.5. The Morgan fingerprint density at radius 1 is 1.00 bits per heavy atom. The Kier molecular flexibility index (Phi) is 5.11. The van der Waals surface area contributed by atoms with Gasteiger partial charge in [0.2, 0.25) is 11.7 Å². The Morgan fingerprint density at radius 2 is 1.50 bits per heavy atom. The Morgan fingerprint density at radius 3 is 2.00 bits per heavy atom. The van der Waals surface area contributed by atoms with Crippen LogP contribution in [0.5, 0.6) is 0 Å². The molecule has 138 valence electrons. The molecule has 1 aliphatic rings. The van der Waals surface area contributed by atoms with E-state index >= 15 is 0 Å². The van der Waals surface area contributed by atoms with Gasteiger partial charge in [0, 0.05) is 6.92 Å². The molecule has 0 heterocycles. The summed E-state index contributed by atoms with van der Waals surface area (Å²) in [5.74, 6) is -14.0. The third-order valence-corrected chi connectivity index (χ3v) is 3.59. The summed E-state index contributed by atoms with van der Waals surface area (Å²) in [6.45, 7) is 3.92. The quantitative estimate of drug-likeness (QED) is 0.343. The molecule has 1 aromatic rings. The monoisotopic (exact) mass is 373 g/mol. The molecule has 0 bridgehead atoms. The molecule has 0 aromatic heterocycles. The summed E-state index contributed by atoms with van der Waals surface area (Å²) in [6.07, 6.45) is 4.22. The van der Waals surface area contributed by atoms with Gasteiger partial charge in [-0.2, -0.15) is 0 Å². The third kappa shape index (κ3) is 3.29. The lowest BCUT2D eigenvalue weighted by molar-refractivity contribution is -0.115. The lowest BCUT2D eigenvalue weighted by Gasteiger charge is -2.30. The van der Waals surface area contributed by atoms with Crippen molar-refractivity contribution in [1.82, 2.24) is 0 Å². The van der Waals surface area contributed by atoms with E-state index in [1.807, 2.05) is 0 Å². The van der Waals surface area contributed by atoms with E-state index in [4.69, 9.17) is 4.74 Å². The zero-order valence-corrected chi connectivity index (χ0v) is 13.8. The summed E-state index contributed by atoms with van der Waals surface area (Å²) < 4.78 is 72.2. The second kappa shape index (κ2) is 6.81. The molecule has 0 saturated heterocycles. The lowest BCUT2D eigenvalue weighted by atomic mass is 9.89. The minimum absolute atomic E-state index is 0.0373. The summed E-state index contributed by atoms with van der Waals surface area (Å²) in [5.41, 5.74) is -3.10. The minimum atomic E-state index is -2.39. The van der Waals surface area contributed by atoms with Gasteiger partial charge in [-0.1, -0.05) is 12.2 Å². The first-order valence-corrected chi connectivity index (χ1v) is 7.20. The van der Waals surface area contributed by atoms with E-state index in [0.717, 1.165) is 6.92 Å². The van der Waals surface area contributed by atoms with Crippen LogP contribution in [0.25, 0.3) is 0 Å². The van der Waals surface area contributed by atoms with E-state index in [1.54, 1.807) is 0 Å². The fourth-order valence-corrected chi connectivity index (χ4v) is 2.39. The fraction of sp³-hybridized carbons (Fsp3) is 0.235. The molecular formula is C17H12F5NO3. The Hall–Kier alpha value is -2.84. The average Bonchev–Trinajstić information content (AvgIpc) is 2.54. The second-order valence-corrected chi connectivity index (χ2v) is 5.63. The van der Waals surface area contributed by atoms with Gasteiger partial charge in [-0.15, -0.1) is 0 Å². The molecule has 0 spiro atoms. The number of hydrogen-bond acceptors (Lipinski definition) is 3. The normalized spacial score (nSPS) is 20.9. The van der Waals surface area contributed by atoms with Crippen molar-refractivity contribution in [2.45, 2.75) is 26.4 Å². The number of halogens is 5. The zero-order valence-electron chi connectivity index (χ0n) is 13.8. The number of aliphatic imine (C=N–C) groups is 1. The molecule has 2 rings (SSSR count). The molecule has 1 unspecified atom stereocenters. The van der Waals surface area contributed by atoms with Crippen molar-refractivity contribution >= 4 is 17.6 Å². The van der Waals surface area contributed by atoms with Gasteiger partial charge < -0.3 is 4.74 Å². The first-order valence-electron chi connectivity index (χ1n) is 7.20. The van der Waals surface area contributed by atoms with E-state index in [-0.39, 0.29) is 5.71 Å². The average molecular weight is 373 g/mol. The van der Waals surface area contributed by atoms with Crippen molar-refractivity contribution < 1.29 is 36.3 Å². The van der Waals surface area contributed by atoms with E-state index in [2.05, 4.69) is 4.99 Å². The Balaban J connectivity index is 2.52. The number of amides is 1. The first-order chi connectivity index (χ1) is 12.0. The number of rotatable bonds is 2. The molecule has 0 aliphatic heterocycles. The maximum atomic E-state index is 13.8. The van der Waals surface area contributed by atoms with Crippen LogP contribution in [-0.2, 0) is 9.53 Å². The lowest BCUT2D eigenvalue weighted by Crippen LogP contribution is -2.41. The number of nitrogens with zero attached hydrogens (tertiary/aromatic N) is 1. The molecule has 0 N–H and O–H groups in total. The maximum absolute atomic E-state index is 13.8. The van der Waals surface area contributed by atoms with Gasteiger partial charge in [-0.25, -0.2) is 31.7 Å². The number of carbonyl (C=O) groups excluding carboxylic acids is 2. The van der Waals surface area contributed by atoms with Gasteiger partial charge in [0.25, 0.3) is 0 Å². The van der Waals surface area contributed by atoms with E-state index in [0.29, 0.717) is 5.57 Å². The summed E-state index contributed by atoms with van der Waals surface area (Å²) in [4.78, 5) is 27.2. The molecular weight excluding hydrogens is 361 g/mol. The van der Waals surface area contributed by atoms with Crippen molar-refractivity contribution in [3.63, 3.8) is 0 Å². The maximum Gasteiger partial charge on any atom is 0.345 e. The molecule has 0 fully saturated rings. The van der Waals surface area contributed by atoms with Gasteiger partial charge in [-0.3, -0.25) is 4.79 Å². The van der Waals surface area contributed by atoms with Gasteiger partial charge in [-0.05, 0) is 25.5 Å². The van der Waals surface area contributed by atoms with Crippen molar-refractivity contribution in [3.05, 3.63) is 58.5 Å². The summed E-state index contributed by atoms with van der Waals surface area (Å²) in [7, 11) is 0. The summed E-state index contributed by atoms with van der Waals surface area (Å²) >= 11 is 0. The zero-order chi connectivity index (χ0) is 19.8.